The SMILES string of the molecule is CCCCn1nc(C(=O)Nc2cccc(S(=O)(=O)N3CCN(CC)CC3)c2)ccc1=O. The number of anilines is 1. The Morgan fingerprint density at radius 2 is 1.84 bits per heavy atom. The zero-order valence-electron chi connectivity index (χ0n) is 18.0. The second kappa shape index (κ2) is 10.2. The molecule has 2 aromatic rings. The number of sulfonamides is 1. The third-order valence-corrected chi connectivity index (χ3v) is 7.23. The number of aromatic nitrogens is 2. The van der Waals surface area contributed by atoms with E-state index in [1.165, 1.54) is 33.3 Å². The van der Waals surface area contributed by atoms with Crippen LogP contribution in [-0.2, 0) is 16.6 Å². The molecule has 0 radical (unpaired) electrons. The molecule has 31 heavy (non-hydrogen) atoms. The van der Waals surface area contributed by atoms with E-state index in [2.05, 4.69) is 22.2 Å². The number of hydrogen-bond donors (Lipinski definition) is 1. The van der Waals surface area contributed by atoms with Crippen LogP contribution in [0.15, 0.2) is 46.1 Å². The first-order valence-corrected chi connectivity index (χ1v) is 12.0. The summed E-state index contributed by atoms with van der Waals surface area (Å²) in [6.45, 7) is 7.68. The van der Waals surface area contributed by atoms with Gasteiger partial charge in [0.2, 0.25) is 10.0 Å². The summed E-state index contributed by atoms with van der Waals surface area (Å²) >= 11 is 0. The molecule has 1 aromatic carbocycles. The van der Waals surface area contributed by atoms with E-state index < -0.39 is 15.9 Å². The quantitative estimate of drug-likeness (QED) is 0.659. The fourth-order valence-corrected chi connectivity index (χ4v) is 4.87. The number of hydrogen-bond acceptors (Lipinski definition) is 6. The van der Waals surface area contributed by atoms with Crippen LogP contribution in [0.4, 0.5) is 5.69 Å². The minimum atomic E-state index is -3.64. The highest BCUT2D eigenvalue weighted by molar-refractivity contribution is 7.89. The Balaban J connectivity index is 1.75. The monoisotopic (exact) mass is 447 g/mol. The number of unbranched alkanes of at least 4 members (excludes halogenated alkanes) is 1. The summed E-state index contributed by atoms with van der Waals surface area (Å²) in [6.07, 6.45) is 1.68. The van der Waals surface area contributed by atoms with Gasteiger partial charge < -0.3 is 10.2 Å². The van der Waals surface area contributed by atoms with Crippen LogP contribution in [0.3, 0.4) is 0 Å². The van der Waals surface area contributed by atoms with Gasteiger partial charge in [-0.2, -0.15) is 9.40 Å². The summed E-state index contributed by atoms with van der Waals surface area (Å²) in [6, 6.07) is 8.88. The Morgan fingerprint density at radius 3 is 2.52 bits per heavy atom. The third-order valence-electron chi connectivity index (χ3n) is 5.33. The number of nitrogens with zero attached hydrogens (tertiary/aromatic N) is 4. The molecule has 0 atom stereocenters. The first kappa shape index (κ1) is 23.1. The zero-order valence-corrected chi connectivity index (χ0v) is 18.8. The summed E-state index contributed by atoms with van der Waals surface area (Å²) in [5, 5.41) is 6.81. The maximum atomic E-state index is 13.0. The summed E-state index contributed by atoms with van der Waals surface area (Å²) in [7, 11) is -3.64. The van der Waals surface area contributed by atoms with Gasteiger partial charge in [0.1, 0.15) is 5.69 Å². The van der Waals surface area contributed by atoms with Gasteiger partial charge in [-0.05, 0) is 37.2 Å². The van der Waals surface area contributed by atoms with Crippen molar-refractivity contribution in [3.63, 3.8) is 0 Å². The number of likely N-dealkylation sites (N-methyl/N-ethyl adjacent to an activating group) is 1. The second-order valence-electron chi connectivity index (χ2n) is 7.45. The van der Waals surface area contributed by atoms with Crippen LogP contribution in [0.2, 0.25) is 0 Å². The van der Waals surface area contributed by atoms with Crippen LogP contribution in [0.1, 0.15) is 37.2 Å². The van der Waals surface area contributed by atoms with Crippen molar-refractivity contribution in [3.05, 3.63) is 52.4 Å². The minimum absolute atomic E-state index is 0.0969. The molecule has 2 heterocycles. The average molecular weight is 448 g/mol. The molecule has 1 N–H and O–H groups in total. The van der Waals surface area contributed by atoms with Crippen molar-refractivity contribution in [2.45, 2.75) is 38.1 Å². The number of aryl methyl sites for hydroxylation is 1. The van der Waals surface area contributed by atoms with Crippen LogP contribution in [0.25, 0.3) is 0 Å². The molecule has 1 aromatic heterocycles. The van der Waals surface area contributed by atoms with E-state index >= 15 is 0 Å². The van der Waals surface area contributed by atoms with E-state index in [0.717, 1.165) is 19.4 Å². The first-order chi connectivity index (χ1) is 14.8. The molecule has 3 rings (SSSR count). The highest BCUT2D eigenvalue weighted by atomic mass is 32.2. The van der Waals surface area contributed by atoms with Crippen molar-refractivity contribution < 1.29 is 13.2 Å². The lowest BCUT2D eigenvalue weighted by Gasteiger charge is -2.33. The average Bonchev–Trinajstić information content (AvgIpc) is 2.78. The molecule has 0 bridgehead atoms. The Hall–Kier alpha value is -2.56. The van der Waals surface area contributed by atoms with E-state index in [0.29, 0.717) is 38.4 Å². The molecule has 168 valence electrons. The molecule has 1 amide bonds. The summed E-state index contributed by atoms with van der Waals surface area (Å²) in [5.74, 6) is -0.503. The lowest BCUT2D eigenvalue weighted by Crippen LogP contribution is -2.48. The molecule has 1 aliphatic rings. The fraction of sp³-hybridized carbons (Fsp3) is 0.476. The van der Waals surface area contributed by atoms with Gasteiger partial charge >= 0.3 is 0 Å². The number of carbonyl (C=O) groups is 1. The third kappa shape index (κ3) is 5.57. The highest BCUT2D eigenvalue weighted by Crippen LogP contribution is 2.21. The molecule has 1 saturated heterocycles. The molecule has 0 spiro atoms. The lowest BCUT2D eigenvalue weighted by molar-refractivity contribution is 0.101. The van der Waals surface area contributed by atoms with Crippen LogP contribution >= 0.6 is 0 Å². The van der Waals surface area contributed by atoms with Gasteiger partial charge in [-0.3, -0.25) is 9.59 Å². The Bertz CT molecular complexity index is 1080. The number of nitrogens with one attached hydrogen (secondary N) is 1. The van der Waals surface area contributed by atoms with Crippen molar-refractivity contribution >= 4 is 21.6 Å². The van der Waals surface area contributed by atoms with Gasteiger partial charge in [0.15, 0.2) is 0 Å². The molecule has 0 saturated carbocycles. The Kier molecular flexibility index (Phi) is 7.58. The van der Waals surface area contributed by atoms with E-state index in [1.807, 2.05) is 6.92 Å². The van der Waals surface area contributed by atoms with Crippen LogP contribution in [-0.4, -0.2) is 66.0 Å². The van der Waals surface area contributed by atoms with Crippen molar-refractivity contribution in [2.75, 3.05) is 38.0 Å². The van der Waals surface area contributed by atoms with Crippen LogP contribution in [0.5, 0.6) is 0 Å². The van der Waals surface area contributed by atoms with Crippen molar-refractivity contribution in [3.8, 4) is 0 Å². The largest absolute Gasteiger partial charge is 0.321 e. The second-order valence-corrected chi connectivity index (χ2v) is 9.39. The number of piperazine rings is 1. The van der Waals surface area contributed by atoms with E-state index in [4.69, 9.17) is 0 Å². The first-order valence-electron chi connectivity index (χ1n) is 10.6. The number of benzene rings is 1. The molecular formula is C21H29N5O4S. The van der Waals surface area contributed by atoms with E-state index in [1.54, 1.807) is 12.1 Å². The van der Waals surface area contributed by atoms with Gasteiger partial charge in [-0.25, -0.2) is 13.1 Å². The number of carbonyl (C=O) groups excluding carboxylic acids is 1. The molecule has 9 nitrogen and oxygen atoms in total. The predicted octanol–water partition coefficient (Wildman–Crippen LogP) is 1.62. The van der Waals surface area contributed by atoms with E-state index in [-0.39, 0.29) is 16.1 Å². The molecule has 0 aliphatic carbocycles. The van der Waals surface area contributed by atoms with E-state index in [9.17, 15) is 18.0 Å². The predicted molar refractivity (Wildman–Crippen MR) is 119 cm³/mol. The Morgan fingerprint density at radius 1 is 1.10 bits per heavy atom. The number of amides is 1. The normalized spacial score (nSPS) is 15.7. The topological polar surface area (TPSA) is 105 Å². The van der Waals surface area contributed by atoms with Crippen LogP contribution in [0, 0.1) is 0 Å². The summed E-state index contributed by atoms with van der Waals surface area (Å²) < 4.78 is 28.8. The summed E-state index contributed by atoms with van der Waals surface area (Å²) in [4.78, 5) is 26.9. The maximum absolute atomic E-state index is 13.0. The molecule has 0 unspecified atom stereocenters. The molecular weight excluding hydrogens is 418 g/mol. The molecule has 1 fully saturated rings. The zero-order chi connectivity index (χ0) is 22.4. The Labute approximate surface area is 182 Å². The standard InChI is InChI=1S/C21H29N5O4S/c1-3-5-11-26-20(27)10-9-19(23-26)21(28)22-17-7-6-8-18(16-17)31(29,30)25-14-12-24(4-2)13-15-25/h6-10,16H,3-5,11-15H2,1-2H3,(H,22,28). The minimum Gasteiger partial charge on any atom is -0.321 e. The van der Waals surface area contributed by atoms with Gasteiger partial charge in [-0.15, -0.1) is 0 Å². The van der Waals surface area contributed by atoms with Gasteiger partial charge in [-0.1, -0.05) is 26.3 Å². The van der Waals surface area contributed by atoms with Gasteiger partial charge in [0, 0.05) is 44.5 Å². The smallest absolute Gasteiger partial charge is 0.276 e. The number of rotatable bonds is 8. The van der Waals surface area contributed by atoms with Crippen molar-refractivity contribution in [1.29, 1.82) is 0 Å². The van der Waals surface area contributed by atoms with Crippen molar-refractivity contribution in [2.24, 2.45) is 0 Å². The van der Waals surface area contributed by atoms with Crippen molar-refractivity contribution in [1.82, 2.24) is 19.0 Å². The van der Waals surface area contributed by atoms with Gasteiger partial charge in [0.05, 0.1) is 4.90 Å². The van der Waals surface area contributed by atoms with Gasteiger partial charge in [0.25, 0.3) is 11.5 Å². The fourth-order valence-electron chi connectivity index (χ4n) is 3.40. The lowest BCUT2D eigenvalue weighted by atomic mass is 10.3. The van der Waals surface area contributed by atoms with Crippen LogP contribution < -0.4 is 10.9 Å². The molecule has 1 aliphatic heterocycles. The maximum Gasteiger partial charge on any atom is 0.276 e. The highest BCUT2D eigenvalue weighted by Gasteiger charge is 2.28. The summed E-state index contributed by atoms with van der Waals surface area (Å²) in [5.41, 5.74) is 0.187. The molecule has 10 heteroatoms.